The van der Waals surface area contributed by atoms with Gasteiger partial charge in [-0.05, 0) is 35.4 Å². The molecule has 0 saturated carbocycles. The monoisotopic (exact) mass is 706 g/mol. The first kappa shape index (κ1) is 37.5. The number of aromatic nitrogens is 2. The summed E-state index contributed by atoms with van der Waals surface area (Å²) < 4.78 is 50.1. The second-order valence-electron chi connectivity index (χ2n) is 11.3. The molecule has 0 aliphatic heterocycles. The predicted molar refractivity (Wildman–Crippen MR) is 178 cm³/mol. The van der Waals surface area contributed by atoms with Gasteiger partial charge < -0.3 is 20.3 Å². The van der Waals surface area contributed by atoms with Gasteiger partial charge in [0.25, 0.3) is 11.5 Å². The van der Waals surface area contributed by atoms with Gasteiger partial charge in [-0.25, -0.2) is 14.2 Å². The number of hydrogen-bond acceptors (Lipinski definition) is 8. The fraction of sp³-hybridized carbons (Fsp3) is 0.229. The van der Waals surface area contributed by atoms with Crippen LogP contribution in [0.3, 0.4) is 0 Å². The van der Waals surface area contributed by atoms with Gasteiger partial charge in [-0.3, -0.25) is 33.9 Å². The summed E-state index contributed by atoms with van der Waals surface area (Å²) >= 11 is 0. The van der Waals surface area contributed by atoms with Crippen molar-refractivity contribution in [3.63, 3.8) is 0 Å². The number of amides is 4. The lowest BCUT2D eigenvalue weighted by molar-refractivity contribution is -0.160. The van der Waals surface area contributed by atoms with Crippen LogP contribution in [-0.2, 0) is 43.5 Å². The Morgan fingerprint density at radius 2 is 1.51 bits per heavy atom. The number of ether oxygens (including phenoxy) is 1. The molecule has 0 bridgehead atoms. The Kier molecular flexibility index (Phi) is 12.4. The average Bonchev–Trinajstić information content (AvgIpc) is 3.11. The summed E-state index contributed by atoms with van der Waals surface area (Å²) in [5.74, 6) is -11.3. The number of rotatable bonds is 14. The minimum atomic E-state index is -4.68. The van der Waals surface area contributed by atoms with Crippen molar-refractivity contribution in [3.05, 3.63) is 118 Å². The number of carbonyl (C=O) groups excluding carboxylic acids is 5. The summed E-state index contributed by atoms with van der Waals surface area (Å²) in [5, 5.41) is 6.18. The van der Waals surface area contributed by atoms with Crippen molar-refractivity contribution in [3.8, 4) is 11.4 Å². The smallest absolute Gasteiger partial charge is 0.412 e. The molecule has 0 radical (unpaired) electrons. The Bertz CT molecular complexity index is 1940. The number of anilines is 1. The molecule has 266 valence electrons. The molecule has 3 N–H and O–H groups in total. The van der Waals surface area contributed by atoms with Crippen LogP contribution in [0.4, 0.5) is 23.7 Å². The van der Waals surface area contributed by atoms with Crippen LogP contribution in [0.15, 0.2) is 95.9 Å². The van der Waals surface area contributed by atoms with E-state index in [1.54, 1.807) is 53.8 Å². The molecular formula is C35H33F3N6O7. The molecule has 1 heterocycles. The number of likely N-dealkylation sites (N-methyl/N-ethyl adjacent to an activating group) is 1. The molecule has 0 aliphatic rings. The lowest BCUT2D eigenvalue weighted by Crippen LogP contribution is -2.56. The van der Waals surface area contributed by atoms with Crippen LogP contribution in [0.5, 0.6) is 0 Å². The minimum absolute atomic E-state index is 0.129. The third-order valence-electron chi connectivity index (χ3n) is 7.33. The van der Waals surface area contributed by atoms with Gasteiger partial charge in [0, 0.05) is 26.1 Å². The van der Waals surface area contributed by atoms with E-state index in [4.69, 9.17) is 4.74 Å². The minimum Gasteiger partial charge on any atom is -0.444 e. The van der Waals surface area contributed by atoms with Gasteiger partial charge in [-0.1, -0.05) is 60.7 Å². The molecular weight excluding hydrogens is 673 g/mol. The molecule has 1 unspecified atom stereocenters. The topological polar surface area (TPSA) is 169 Å². The van der Waals surface area contributed by atoms with Crippen molar-refractivity contribution in [2.75, 3.05) is 26.0 Å². The van der Waals surface area contributed by atoms with Crippen LogP contribution in [0.2, 0.25) is 0 Å². The number of benzene rings is 3. The molecule has 0 fully saturated rings. The first-order valence-corrected chi connectivity index (χ1v) is 15.3. The maximum absolute atomic E-state index is 15.2. The maximum atomic E-state index is 15.2. The molecule has 0 aliphatic carbocycles. The highest BCUT2D eigenvalue weighted by Crippen LogP contribution is 2.21. The summed E-state index contributed by atoms with van der Waals surface area (Å²) in [6, 6.07) is 19.2. The predicted octanol–water partition coefficient (Wildman–Crippen LogP) is 2.93. The Balaban J connectivity index is 1.61. The molecule has 0 saturated heterocycles. The number of Topliss-reactive ketones (excluding diaryl/α,β-unsaturated/α-hetero) is 1. The largest absolute Gasteiger partial charge is 0.444 e. The standard InChI is InChI=1S/C35H33F3N6O7/c1-43(2)29(46)19-40-33(49)35(37,38)30(47)26(17-22-9-5-3-6-10-22)41-28(45)20-44-31(24-13-15-25(36)16-14-24)39-18-27(32(44)48)42-34(50)51-21-23-11-7-4-8-12-23/h3-16,18,26H,17,19-21H2,1-2H3,(H,40,49)(H,41,45)(H,42,50). The fourth-order valence-electron chi connectivity index (χ4n) is 4.62. The van der Waals surface area contributed by atoms with E-state index in [0.717, 1.165) is 27.8 Å². The summed E-state index contributed by atoms with van der Waals surface area (Å²) in [5.41, 5.74) is -0.208. The van der Waals surface area contributed by atoms with Crippen LogP contribution in [0.25, 0.3) is 11.4 Å². The average molecular weight is 707 g/mol. The van der Waals surface area contributed by atoms with Gasteiger partial charge >= 0.3 is 12.0 Å². The van der Waals surface area contributed by atoms with Gasteiger partial charge in [-0.15, -0.1) is 0 Å². The van der Waals surface area contributed by atoms with Crippen molar-refractivity contribution in [1.29, 1.82) is 0 Å². The summed E-state index contributed by atoms with van der Waals surface area (Å²) in [6.07, 6.45) is -0.497. The molecule has 0 spiro atoms. The number of nitrogens with one attached hydrogen (secondary N) is 3. The third kappa shape index (κ3) is 10.1. The number of carbonyl (C=O) groups is 5. The number of halogens is 3. The molecule has 16 heteroatoms. The van der Waals surface area contributed by atoms with Gasteiger partial charge in [0.05, 0.1) is 18.8 Å². The van der Waals surface area contributed by atoms with E-state index in [1.165, 1.54) is 38.4 Å². The van der Waals surface area contributed by atoms with Crippen LogP contribution < -0.4 is 21.5 Å². The van der Waals surface area contributed by atoms with Crippen LogP contribution >= 0.6 is 0 Å². The van der Waals surface area contributed by atoms with Crippen molar-refractivity contribution in [2.24, 2.45) is 0 Å². The van der Waals surface area contributed by atoms with E-state index in [2.05, 4.69) is 15.6 Å². The lowest BCUT2D eigenvalue weighted by atomic mass is 9.98. The molecule has 51 heavy (non-hydrogen) atoms. The quantitative estimate of drug-likeness (QED) is 0.168. The maximum Gasteiger partial charge on any atom is 0.412 e. The number of nitrogens with zero attached hydrogens (tertiary/aromatic N) is 3. The second-order valence-corrected chi connectivity index (χ2v) is 11.3. The molecule has 4 aromatic rings. The number of hydrogen-bond donors (Lipinski definition) is 3. The Labute approximate surface area is 289 Å². The highest BCUT2D eigenvalue weighted by Gasteiger charge is 2.50. The van der Waals surface area contributed by atoms with Gasteiger partial charge in [0.2, 0.25) is 17.6 Å². The molecule has 13 nitrogen and oxygen atoms in total. The van der Waals surface area contributed by atoms with Gasteiger partial charge in [-0.2, -0.15) is 8.78 Å². The number of alkyl halides is 2. The molecule has 4 rings (SSSR count). The fourth-order valence-corrected chi connectivity index (χ4v) is 4.62. The van der Waals surface area contributed by atoms with Crippen molar-refractivity contribution in [2.45, 2.75) is 31.5 Å². The zero-order valence-corrected chi connectivity index (χ0v) is 27.4. The Morgan fingerprint density at radius 1 is 0.902 bits per heavy atom. The van der Waals surface area contributed by atoms with E-state index < -0.39 is 78.1 Å². The van der Waals surface area contributed by atoms with Crippen molar-refractivity contribution < 1.29 is 41.9 Å². The zero-order valence-electron chi connectivity index (χ0n) is 27.4. The third-order valence-corrected chi connectivity index (χ3v) is 7.33. The Morgan fingerprint density at radius 3 is 2.12 bits per heavy atom. The molecule has 1 atom stereocenters. The highest BCUT2D eigenvalue weighted by molar-refractivity contribution is 6.11. The van der Waals surface area contributed by atoms with Crippen LogP contribution in [-0.4, -0.2) is 76.7 Å². The first-order chi connectivity index (χ1) is 24.3. The lowest BCUT2D eigenvalue weighted by Gasteiger charge is -2.23. The molecule has 4 amide bonds. The molecule has 3 aromatic carbocycles. The summed E-state index contributed by atoms with van der Waals surface area (Å²) in [4.78, 5) is 82.3. The first-order valence-electron chi connectivity index (χ1n) is 15.3. The zero-order chi connectivity index (χ0) is 37.1. The van der Waals surface area contributed by atoms with Crippen molar-refractivity contribution >= 4 is 35.3 Å². The van der Waals surface area contributed by atoms with E-state index in [1.807, 2.05) is 0 Å². The van der Waals surface area contributed by atoms with Crippen LogP contribution in [0.1, 0.15) is 11.1 Å². The van der Waals surface area contributed by atoms with E-state index in [0.29, 0.717) is 11.1 Å². The normalized spacial score (nSPS) is 11.5. The Hall–Kier alpha value is -6.32. The second kappa shape index (κ2) is 16.9. The van der Waals surface area contributed by atoms with E-state index >= 15 is 8.78 Å². The van der Waals surface area contributed by atoms with Crippen LogP contribution in [0, 0.1) is 5.82 Å². The summed E-state index contributed by atoms with van der Waals surface area (Å²) in [6.45, 7) is -1.85. The highest BCUT2D eigenvalue weighted by atomic mass is 19.3. The molecule has 1 aromatic heterocycles. The van der Waals surface area contributed by atoms with E-state index in [9.17, 15) is 33.2 Å². The van der Waals surface area contributed by atoms with E-state index in [-0.39, 0.29) is 18.0 Å². The van der Waals surface area contributed by atoms with Gasteiger partial charge in [0.15, 0.2) is 0 Å². The van der Waals surface area contributed by atoms with Crippen molar-refractivity contribution in [1.82, 2.24) is 25.1 Å². The van der Waals surface area contributed by atoms with Gasteiger partial charge in [0.1, 0.15) is 30.5 Å². The number of ketones is 1. The SMILES string of the molecule is CN(C)C(=O)CNC(=O)C(F)(F)C(=O)C(Cc1ccccc1)NC(=O)Cn1c(-c2ccc(F)cc2)ncc(NC(=O)OCc2ccccc2)c1=O. The summed E-state index contributed by atoms with van der Waals surface area (Å²) in [7, 11) is 2.68.